The summed E-state index contributed by atoms with van der Waals surface area (Å²) in [5.74, 6) is 1.04. The molecule has 1 heterocycles. The summed E-state index contributed by atoms with van der Waals surface area (Å²) in [5.41, 5.74) is 1.72. The number of aromatic nitrogens is 2. The molecule has 0 aliphatic rings. The predicted octanol–water partition coefficient (Wildman–Crippen LogP) is 3.42. The van der Waals surface area contributed by atoms with Gasteiger partial charge in [-0.25, -0.2) is 9.37 Å². The number of hydrogen-bond donors (Lipinski definition) is 2. The maximum absolute atomic E-state index is 13.2. The Hall–Kier alpha value is -2.69. The van der Waals surface area contributed by atoms with Gasteiger partial charge in [0.25, 0.3) is 0 Å². The Morgan fingerprint density at radius 2 is 1.90 bits per heavy atom. The van der Waals surface area contributed by atoms with Crippen LogP contribution in [0.3, 0.4) is 0 Å². The van der Waals surface area contributed by atoms with Gasteiger partial charge in [-0.05, 0) is 29.8 Å². The minimum Gasteiger partial charge on any atom is -0.365 e. The van der Waals surface area contributed by atoms with Crippen molar-refractivity contribution in [1.82, 2.24) is 9.97 Å². The lowest BCUT2D eigenvalue weighted by atomic mass is 10.2. The summed E-state index contributed by atoms with van der Waals surface area (Å²) in [5, 5.41) is 7.13. The Morgan fingerprint density at radius 3 is 2.71 bits per heavy atom. The monoisotopic (exact) mass is 282 g/mol. The first-order valence-electron chi connectivity index (χ1n) is 6.69. The number of anilines is 2. The lowest BCUT2D eigenvalue weighted by Gasteiger charge is -2.10. The van der Waals surface area contributed by atoms with Gasteiger partial charge in [0.05, 0.1) is 5.52 Å². The lowest BCUT2D eigenvalue weighted by Crippen LogP contribution is -2.05. The molecule has 0 spiro atoms. The van der Waals surface area contributed by atoms with Crippen molar-refractivity contribution in [2.75, 3.05) is 17.7 Å². The van der Waals surface area contributed by atoms with Crippen LogP contribution in [0, 0.1) is 5.82 Å². The van der Waals surface area contributed by atoms with E-state index in [2.05, 4.69) is 20.6 Å². The van der Waals surface area contributed by atoms with E-state index in [1.54, 1.807) is 13.1 Å². The van der Waals surface area contributed by atoms with Crippen LogP contribution >= 0.6 is 0 Å². The van der Waals surface area contributed by atoms with Crippen LogP contribution in [0.5, 0.6) is 0 Å². The fourth-order valence-corrected chi connectivity index (χ4v) is 2.16. The van der Waals surface area contributed by atoms with Crippen LogP contribution in [0.25, 0.3) is 10.9 Å². The molecule has 1 aromatic heterocycles. The lowest BCUT2D eigenvalue weighted by molar-refractivity contribution is 0.626. The molecule has 0 saturated carbocycles. The number of nitrogens with one attached hydrogen (secondary N) is 2. The number of hydrogen-bond acceptors (Lipinski definition) is 4. The van der Waals surface area contributed by atoms with E-state index >= 15 is 0 Å². The Kier molecular flexibility index (Phi) is 3.64. The molecule has 0 atom stereocenters. The molecule has 0 amide bonds. The van der Waals surface area contributed by atoms with Gasteiger partial charge in [0.2, 0.25) is 5.95 Å². The largest absolute Gasteiger partial charge is 0.365 e. The molecule has 2 N–H and O–H groups in total. The van der Waals surface area contributed by atoms with E-state index in [-0.39, 0.29) is 5.82 Å². The Labute approximate surface area is 122 Å². The highest BCUT2D eigenvalue weighted by molar-refractivity contribution is 5.89. The Morgan fingerprint density at radius 1 is 1.05 bits per heavy atom. The standard InChI is InChI=1S/C16H15FN4/c1-18-16-20-14-8-3-2-7-13(14)15(21-16)19-10-11-5-4-6-12(17)9-11/h2-9H,10H2,1H3,(H2,18,19,20,21). The number of nitrogens with zero attached hydrogens (tertiary/aromatic N) is 2. The predicted molar refractivity (Wildman–Crippen MR) is 82.8 cm³/mol. The summed E-state index contributed by atoms with van der Waals surface area (Å²) in [6.45, 7) is 0.502. The van der Waals surface area contributed by atoms with Gasteiger partial charge in [-0.1, -0.05) is 24.3 Å². The van der Waals surface area contributed by atoms with E-state index in [9.17, 15) is 4.39 Å². The number of benzene rings is 2. The topological polar surface area (TPSA) is 49.8 Å². The van der Waals surface area contributed by atoms with Gasteiger partial charge in [0, 0.05) is 19.0 Å². The molecule has 0 unspecified atom stereocenters. The van der Waals surface area contributed by atoms with Gasteiger partial charge in [-0.2, -0.15) is 4.98 Å². The van der Waals surface area contributed by atoms with Gasteiger partial charge in [-0.15, -0.1) is 0 Å². The summed E-state index contributed by atoms with van der Waals surface area (Å²) in [6, 6.07) is 14.3. The smallest absolute Gasteiger partial charge is 0.224 e. The number of para-hydroxylation sites is 1. The summed E-state index contributed by atoms with van der Waals surface area (Å²) in [4.78, 5) is 8.83. The van der Waals surface area contributed by atoms with E-state index in [0.29, 0.717) is 12.5 Å². The summed E-state index contributed by atoms with van der Waals surface area (Å²) < 4.78 is 13.2. The highest BCUT2D eigenvalue weighted by atomic mass is 19.1. The first kappa shape index (κ1) is 13.3. The van der Waals surface area contributed by atoms with Crippen LogP contribution in [0.2, 0.25) is 0 Å². The maximum atomic E-state index is 13.2. The van der Waals surface area contributed by atoms with E-state index in [0.717, 1.165) is 22.3 Å². The zero-order valence-corrected chi connectivity index (χ0v) is 11.6. The second-order valence-corrected chi connectivity index (χ2v) is 4.65. The Balaban J connectivity index is 1.92. The molecule has 21 heavy (non-hydrogen) atoms. The molecule has 0 radical (unpaired) electrons. The van der Waals surface area contributed by atoms with E-state index in [1.165, 1.54) is 12.1 Å². The van der Waals surface area contributed by atoms with Crippen LogP contribution in [0.4, 0.5) is 16.2 Å². The minimum absolute atomic E-state index is 0.238. The van der Waals surface area contributed by atoms with Crippen molar-refractivity contribution >= 4 is 22.7 Å². The second-order valence-electron chi connectivity index (χ2n) is 4.65. The highest BCUT2D eigenvalue weighted by Gasteiger charge is 2.06. The summed E-state index contributed by atoms with van der Waals surface area (Å²) in [6.07, 6.45) is 0. The average molecular weight is 282 g/mol. The molecule has 5 heteroatoms. The number of fused-ring (bicyclic) bond motifs is 1. The fraction of sp³-hybridized carbons (Fsp3) is 0.125. The first-order chi connectivity index (χ1) is 10.3. The molecular formula is C16H15FN4. The molecule has 4 nitrogen and oxygen atoms in total. The van der Waals surface area contributed by atoms with Crippen molar-refractivity contribution in [2.45, 2.75) is 6.54 Å². The van der Waals surface area contributed by atoms with Gasteiger partial charge >= 0.3 is 0 Å². The van der Waals surface area contributed by atoms with Crippen LogP contribution in [0.1, 0.15) is 5.56 Å². The molecule has 0 aliphatic heterocycles. The van der Waals surface area contributed by atoms with Crippen LogP contribution < -0.4 is 10.6 Å². The minimum atomic E-state index is -0.238. The first-order valence-corrected chi connectivity index (χ1v) is 6.69. The van der Waals surface area contributed by atoms with Crippen molar-refractivity contribution in [3.63, 3.8) is 0 Å². The van der Waals surface area contributed by atoms with Crippen molar-refractivity contribution in [3.05, 3.63) is 59.9 Å². The zero-order valence-electron chi connectivity index (χ0n) is 11.6. The van der Waals surface area contributed by atoms with Crippen molar-refractivity contribution in [2.24, 2.45) is 0 Å². The third-order valence-electron chi connectivity index (χ3n) is 3.18. The second kappa shape index (κ2) is 5.75. The molecule has 106 valence electrons. The number of rotatable bonds is 4. The van der Waals surface area contributed by atoms with Crippen molar-refractivity contribution < 1.29 is 4.39 Å². The normalized spacial score (nSPS) is 10.6. The van der Waals surface area contributed by atoms with E-state index in [4.69, 9.17) is 0 Å². The Bertz CT molecular complexity index is 773. The van der Waals surface area contributed by atoms with Gasteiger partial charge in [0.15, 0.2) is 0 Å². The number of halogens is 1. The van der Waals surface area contributed by atoms with Gasteiger partial charge in [-0.3, -0.25) is 0 Å². The van der Waals surface area contributed by atoms with Crippen molar-refractivity contribution in [3.8, 4) is 0 Å². The molecule has 2 aromatic carbocycles. The quantitative estimate of drug-likeness (QED) is 0.770. The third-order valence-corrected chi connectivity index (χ3v) is 3.18. The maximum Gasteiger partial charge on any atom is 0.224 e. The summed E-state index contributed by atoms with van der Waals surface area (Å²) >= 11 is 0. The van der Waals surface area contributed by atoms with Crippen LogP contribution in [0.15, 0.2) is 48.5 Å². The van der Waals surface area contributed by atoms with Crippen LogP contribution in [-0.4, -0.2) is 17.0 Å². The van der Waals surface area contributed by atoms with Gasteiger partial charge < -0.3 is 10.6 Å². The molecule has 3 rings (SSSR count). The molecule has 0 saturated heterocycles. The fourth-order valence-electron chi connectivity index (χ4n) is 2.16. The molecule has 0 fully saturated rings. The van der Waals surface area contributed by atoms with E-state index < -0.39 is 0 Å². The van der Waals surface area contributed by atoms with Crippen LogP contribution in [-0.2, 0) is 6.54 Å². The van der Waals surface area contributed by atoms with Crippen molar-refractivity contribution in [1.29, 1.82) is 0 Å². The molecule has 3 aromatic rings. The molecule has 0 bridgehead atoms. The average Bonchev–Trinajstić information content (AvgIpc) is 2.52. The molecule has 0 aliphatic carbocycles. The molecular weight excluding hydrogens is 267 g/mol. The zero-order chi connectivity index (χ0) is 14.7. The van der Waals surface area contributed by atoms with Gasteiger partial charge in [0.1, 0.15) is 11.6 Å². The summed E-state index contributed by atoms with van der Waals surface area (Å²) in [7, 11) is 1.78. The third kappa shape index (κ3) is 2.91. The SMILES string of the molecule is CNc1nc(NCc2cccc(F)c2)c2ccccc2n1. The highest BCUT2D eigenvalue weighted by Crippen LogP contribution is 2.22. The van der Waals surface area contributed by atoms with E-state index in [1.807, 2.05) is 30.3 Å².